The van der Waals surface area contributed by atoms with E-state index in [1.54, 1.807) is 16.8 Å². The number of aliphatic carboxylic acids is 1. The standard InChI is InChI=1S/C13H13N3O3/c17-12(15-11(13(18)19)8-4-5-8)9-7-14-16-6-2-1-3-10(9)16/h1-3,6-8,11H,4-5H2,(H,15,17)(H,18,19). The van der Waals surface area contributed by atoms with Crippen molar-refractivity contribution in [3.8, 4) is 0 Å². The van der Waals surface area contributed by atoms with Crippen LogP contribution in [0.4, 0.5) is 0 Å². The topological polar surface area (TPSA) is 83.7 Å². The van der Waals surface area contributed by atoms with Crippen molar-refractivity contribution in [1.82, 2.24) is 14.9 Å². The number of hydrogen-bond acceptors (Lipinski definition) is 3. The Morgan fingerprint density at radius 3 is 2.89 bits per heavy atom. The summed E-state index contributed by atoms with van der Waals surface area (Å²) in [5.41, 5.74) is 1.06. The number of carboxylic acids is 1. The Balaban J connectivity index is 1.85. The molecule has 0 saturated heterocycles. The number of carbonyl (C=O) groups excluding carboxylic acids is 1. The predicted octanol–water partition coefficient (Wildman–Crippen LogP) is 0.927. The monoisotopic (exact) mass is 259 g/mol. The Morgan fingerprint density at radius 2 is 2.21 bits per heavy atom. The van der Waals surface area contributed by atoms with E-state index in [4.69, 9.17) is 5.11 Å². The average molecular weight is 259 g/mol. The average Bonchev–Trinajstić information content (AvgIpc) is 3.14. The number of hydrogen-bond donors (Lipinski definition) is 2. The van der Waals surface area contributed by atoms with Crippen LogP contribution in [-0.4, -0.2) is 32.6 Å². The molecule has 6 nitrogen and oxygen atoms in total. The summed E-state index contributed by atoms with van der Waals surface area (Å²) in [5, 5.41) is 15.7. The molecule has 19 heavy (non-hydrogen) atoms. The summed E-state index contributed by atoms with van der Waals surface area (Å²) < 4.78 is 1.59. The normalized spacial score (nSPS) is 16.2. The van der Waals surface area contributed by atoms with E-state index in [1.165, 1.54) is 6.20 Å². The second-order valence-electron chi connectivity index (χ2n) is 4.72. The fourth-order valence-electron chi connectivity index (χ4n) is 2.14. The minimum atomic E-state index is -0.979. The van der Waals surface area contributed by atoms with Crippen LogP contribution in [0.2, 0.25) is 0 Å². The number of carboxylic acid groups (broad SMARTS) is 1. The molecule has 0 spiro atoms. The molecule has 1 aliphatic carbocycles. The third kappa shape index (κ3) is 2.16. The van der Waals surface area contributed by atoms with Crippen molar-refractivity contribution in [3.63, 3.8) is 0 Å². The second-order valence-corrected chi connectivity index (χ2v) is 4.72. The van der Waals surface area contributed by atoms with Crippen molar-refractivity contribution in [2.75, 3.05) is 0 Å². The maximum absolute atomic E-state index is 12.1. The molecule has 0 radical (unpaired) electrons. The van der Waals surface area contributed by atoms with Crippen LogP contribution in [-0.2, 0) is 4.79 Å². The van der Waals surface area contributed by atoms with Gasteiger partial charge in [0, 0.05) is 6.20 Å². The number of aromatic nitrogens is 2. The number of fused-ring (bicyclic) bond motifs is 1. The number of rotatable bonds is 4. The summed E-state index contributed by atoms with van der Waals surface area (Å²) in [4.78, 5) is 23.3. The zero-order valence-electron chi connectivity index (χ0n) is 10.1. The van der Waals surface area contributed by atoms with E-state index in [0.717, 1.165) is 12.8 Å². The minimum Gasteiger partial charge on any atom is -0.480 e. The van der Waals surface area contributed by atoms with E-state index in [1.807, 2.05) is 12.1 Å². The quantitative estimate of drug-likeness (QED) is 0.855. The van der Waals surface area contributed by atoms with Crippen molar-refractivity contribution in [2.45, 2.75) is 18.9 Å². The Bertz CT molecular complexity index is 645. The summed E-state index contributed by atoms with van der Waals surface area (Å²) in [7, 11) is 0. The largest absolute Gasteiger partial charge is 0.480 e. The van der Waals surface area contributed by atoms with Gasteiger partial charge in [-0.3, -0.25) is 4.79 Å². The van der Waals surface area contributed by atoms with Crippen LogP contribution in [0.1, 0.15) is 23.2 Å². The molecule has 1 amide bonds. The minimum absolute atomic E-state index is 0.0586. The van der Waals surface area contributed by atoms with Crippen LogP contribution in [0.15, 0.2) is 30.6 Å². The van der Waals surface area contributed by atoms with Crippen LogP contribution in [0.25, 0.3) is 5.52 Å². The summed E-state index contributed by atoms with van der Waals surface area (Å²) in [6.45, 7) is 0. The van der Waals surface area contributed by atoms with Gasteiger partial charge >= 0.3 is 5.97 Å². The molecule has 2 N–H and O–H groups in total. The summed E-state index contributed by atoms with van der Waals surface area (Å²) in [5.74, 6) is -1.31. The lowest BCUT2D eigenvalue weighted by atomic mass is 10.1. The van der Waals surface area contributed by atoms with Gasteiger partial charge in [-0.2, -0.15) is 5.10 Å². The summed E-state index contributed by atoms with van der Waals surface area (Å²) in [6.07, 6.45) is 4.90. The Kier molecular flexibility index (Phi) is 2.70. The van der Waals surface area contributed by atoms with Gasteiger partial charge in [0.1, 0.15) is 6.04 Å². The first-order valence-corrected chi connectivity index (χ1v) is 6.13. The van der Waals surface area contributed by atoms with Gasteiger partial charge in [0.05, 0.1) is 17.3 Å². The first-order valence-electron chi connectivity index (χ1n) is 6.13. The van der Waals surface area contributed by atoms with Crippen LogP contribution < -0.4 is 5.32 Å². The molecule has 2 aromatic heterocycles. The Morgan fingerprint density at radius 1 is 1.42 bits per heavy atom. The Labute approximate surface area is 109 Å². The molecule has 6 heteroatoms. The first-order chi connectivity index (χ1) is 9.16. The molecule has 3 rings (SSSR count). The summed E-state index contributed by atoms with van der Waals surface area (Å²) >= 11 is 0. The molecule has 2 aromatic rings. The van der Waals surface area contributed by atoms with Gasteiger partial charge in [-0.05, 0) is 30.9 Å². The summed E-state index contributed by atoms with van der Waals surface area (Å²) in [6, 6.07) is 4.59. The van der Waals surface area contributed by atoms with E-state index < -0.39 is 12.0 Å². The highest BCUT2D eigenvalue weighted by atomic mass is 16.4. The van der Waals surface area contributed by atoms with Gasteiger partial charge in [-0.25, -0.2) is 9.31 Å². The van der Waals surface area contributed by atoms with E-state index in [2.05, 4.69) is 10.4 Å². The van der Waals surface area contributed by atoms with Gasteiger partial charge in [0.25, 0.3) is 5.91 Å². The highest BCUT2D eigenvalue weighted by molar-refractivity contribution is 6.02. The highest BCUT2D eigenvalue weighted by Gasteiger charge is 2.37. The van der Waals surface area contributed by atoms with Crippen molar-refractivity contribution in [3.05, 3.63) is 36.2 Å². The van der Waals surface area contributed by atoms with Crippen molar-refractivity contribution >= 4 is 17.4 Å². The van der Waals surface area contributed by atoms with Crippen molar-refractivity contribution in [1.29, 1.82) is 0 Å². The van der Waals surface area contributed by atoms with Gasteiger partial charge in [-0.15, -0.1) is 0 Å². The molecule has 0 bridgehead atoms. The number of pyridine rings is 1. The number of amides is 1. The molecular formula is C13H13N3O3. The highest BCUT2D eigenvalue weighted by Crippen LogP contribution is 2.32. The number of nitrogens with zero attached hydrogens (tertiary/aromatic N) is 2. The van der Waals surface area contributed by atoms with E-state index in [-0.39, 0.29) is 11.8 Å². The molecule has 1 atom stereocenters. The van der Waals surface area contributed by atoms with Crippen molar-refractivity contribution in [2.24, 2.45) is 5.92 Å². The lowest BCUT2D eigenvalue weighted by Crippen LogP contribution is -2.42. The molecule has 0 aliphatic heterocycles. The van der Waals surface area contributed by atoms with Crippen LogP contribution in [0, 0.1) is 5.92 Å². The van der Waals surface area contributed by atoms with Gasteiger partial charge in [0.15, 0.2) is 0 Å². The third-order valence-corrected chi connectivity index (χ3v) is 3.32. The van der Waals surface area contributed by atoms with Crippen LogP contribution >= 0.6 is 0 Å². The molecule has 1 fully saturated rings. The van der Waals surface area contributed by atoms with E-state index in [0.29, 0.717) is 11.1 Å². The van der Waals surface area contributed by atoms with Gasteiger partial charge < -0.3 is 10.4 Å². The first kappa shape index (κ1) is 11.7. The molecule has 0 aromatic carbocycles. The lowest BCUT2D eigenvalue weighted by molar-refractivity contribution is -0.139. The van der Waals surface area contributed by atoms with Crippen LogP contribution in [0.5, 0.6) is 0 Å². The third-order valence-electron chi connectivity index (χ3n) is 3.32. The molecule has 2 heterocycles. The van der Waals surface area contributed by atoms with Gasteiger partial charge in [0.2, 0.25) is 0 Å². The fraction of sp³-hybridized carbons (Fsp3) is 0.308. The lowest BCUT2D eigenvalue weighted by Gasteiger charge is -2.12. The predicted molar refractivity (Wildman–Crippen MR) is 66.8 cm³/mol. The van der Waals surface area contributed by atoms with E-state index >= 15 is 0 Å². The molecular weight excluding hydrogens is 246 g/mol. The number of carbonyl (C=O) groups is 2. The van der Waals surface area contributed by atoms with E-state index in [9.17, 15) is 9.59 Å². The zero-order chi connectivity index (χ0) is 13.4. The van der Waals surface area contributed by atoms with Gasteiger partial charge in [-0.1, -0.05) is 6.07 Å². The molecule has 98 valence electrons. The Hall–Kier alpha value is -2.37. The number of nitrogens with one attached hydrogen (secondary N) is 1. The maximum Gasteiger partial charge on any atom is 0.326 e. The van der Waals surface area contributed by atoms with Crippen LogP contribution in [0.3, 0.4) is 0 Å². The molecule has 1 aliphatic rings. The SMILES string of the molecule is O=C(NC(C(=O)O)C1CC1)c1cnn2ccccc12. The fourth-order valence-corrected chi connectivity index (χ4v) is 2.14. The van der Waals surface area contributed by atoms with Crippen molar-refractivity contribution < 1.29 is 14.7 Å². The zero-order valence-corrected chi connectivity index (χ0v) is 10.1. The molecule has 1 saturated carbocycles. The smallest absolute Gasteiger partial charge is 0.326 e. The second kappa shape index (κ2) is 4.38. The molecule has 1 unspecified atom stereocenters. The maximum atomic E-state index is 12.1.